The molecule has 1 aromatic carbocycles. The summed E-state index contributed by atoms with van der Waals surface area (Å²) in [4.78, 5) is 4.78. The largest absolute Gasteiger partial charge is 0.494 e. The number of ether oxygens (including phenoxy) is 2. The minimum absolute atomic E-state index is 0. The maximum Gasteiger partial charge on any atom is 0.191 e. The summed E-state index contributed by atoms with van der Waals surface area (Å²) in [6.07, 6.45) is 4.65. The van der Waals surface area contributed by atoms with Gasteiger partial charge in [0.2, 0.25) is 0 Å². The van der Waals surface area contributed by atoms with E-state index in [-0.39, 0.29) is 36.2 Å². The van der Waals surface area contributed by atoms with Gasteiger partial charge in [-0.1, -0.05) is 0 Å². The van der Waals surface area contributed by atoms with E-state index in [1.807, 2.05) is 6.92 Å². The van der Waals surface area contributed by atoms with Crippen LogP contribution in [0, 0.1) is 0 Å². The Morgan fingerprint density at radius 2 is 2.00 bits per heavy atom. The van der Waals surface area contributed by atoms with Crippen molar-refractivity contribution in [3.05, 3.63) is 23.3 Å². The normalized spacial score (nSPS) is 24.0. The molecule has 6 nitrogen and oxygen atoms in total. The zero-order chi connectivity index (χ0) is 19.2. The molecule has 28 heavy (non-hydrogen) atoms. The molecule has 1 atom stereocenters. The highest BCUT2D eigenvalue weighted by molar-refractivity contribution is 14.0. The van der Waals surface area contributed by atoms with Crippen molar-refractivity contribution in [2.45, 2.75) is 77.7 Å². The Labute approximate surface area is 185 Å². The van der Waals surface area contributed by atoms with Crippen molar-refractivity contribution in [1.29, 1.82) is 0 Å². The third-order valence-electron chi connectivity index (χ3n) is 5.17. The molecule has 0 spiro atoms. The van der Waals surface area contributed by atoms with Crippen molar-refractivity contribution in [1.82, 2.24) is 10.6 Å². The fraction of sp³-hybridized carbons (Fsp3) is 0.667. The van der Waals surface area contributed by atoms with E-state index in [1.54, 1.807) is 0 Å². The molecule has 158 valence electrons. The van der Waals surface area contributed by atoms with Crippen LogP contribution < -0.4 is 20.1 Å². The molecule has 1 aromatic rings. The van der Waals surface area contributed by atoms with Gasteiger partial charge in [-0.15, -0.1) is 24.0 Å². The lowest BCUT2D eigenvalue weighted by Crippen LogP contribution is -2.45. The molecule has 1 aliphatic carbocycles. The van der Waals surface area contributed by atoms with Gasteiger partial charge >= 0.3 is 0 Å². The van der Waals surface area contributed by atoms with Gasteiger partial charge in [-0.2, -0.15) is 0 Å². The molecular weight excluding hydrogens is 469 g/mol. The second kappa shape index (κ2) is 11.1. The summed E-state index contributed by atoms with van der Waals surface area (Å²) in [6.45, 7) is 8.14. The van der Waals surface area contributed by atoms with Crippen LogP contribution in [-0.4, -0.2) is 42.5 Å². The van der Waals surface area contributed by atoms with Crippen molar-refractivity contribution in [2.24, 2.45) is 4.99 Å². The number of hydrogen-bond acceptors (Lipinski definition) is 4. The zero-order valence-electron chi connectivity index (χ0n) is 17.2. The summed E-state index contributed by atoms with van der Waals surface area (Å²) >= 11 is 0. The Morgan fingerprint density at radius 3 is 2.68 bits per heavy atom. The van der Waals surface area contributed by atoms with E-state index < -0.39 is 0 Å². The van der Waals surface area contributed by atoms with E-state index in [1.165, 1.54) is 5.56 Å². The SMILES string of the molecule is CCNC(=NCc1cc2c(cc1OCC)CC(C)O2)NC1CCC(O)CC1.I. The van der Waals surface area contributed by atoms with Gasteiger partial charge in [0.15, 0.2) is 5.96 Å². The highest BCUT2D eigenvalue weighted by Crippen LogP contribution is 2.35. The molecule has 0 saturated heterocycles. The molecule has 1 unspecified atom stereocenters. The van der Waals surface area contributed by atoms with Crippen LogP contribution in [0.15, 0.2) is 17.1 Å². The number of nitrogens with one attached hydrogen (secondary N) is 2. The van der Waals surface area contributed by atoms with Gasteiger partial charge < -0.3 is 25.2 Å². The molecule has 1 aliphatic heterocycles. The minimum Gasteiger partial charge on any atom is -0.494 e. The quantitative estimate of drug-likeness (QED) is 0.316. The van der Waals surface area contributed by atoms with Gasteiger partial charge in [-0.05, 0) is 58.6 Å². The number of nitrogens with zero attached hydrogens (tertiary/aromatic N) is 1. The molecule has 3 rings (SSSR count). The number of aliphatic hydroxyl groups excluding tert-OH is 1. The molecule has 2 aliphatic rings. The lowest BCUT2D eigenvalue weighted by Gasteiger charge is -2.27. The average molecular weight is 503 g/mol. The second-order valence-corrected chi connectivity index (χ2v) is 7.48. The van der Waals surface area contributed by atoms with Crippen molar-refractivity contribution < 1.29 is 14.6 Å². The van der Waals surface area contributed by atoms with E-state index >= 15 is 0 Å². The first-order valence-corrected chi connectivity index (χ1v) is 10.3. The second-order valence-electron chi connectivity index (χ2n) is 7.48. The highest BCUT2D eigenvalue weighted by atomic mass is 127. The van der Waals surface area contributed by atoms with Crippen LogP contribution in [0.5, 0.6) is 11.5 Å². The standard InChI is InChI=1S/C21H33N3O3.HI/c1-4-22-21(24-17-6-8-18(25)9-7-17)23-13-16-12-20-15(10-14(3)27-20)11-19(16)26-5-2;/h11-12,14,17-18,25H,4-10,13H2,1-3H3,(H2,22,23,24);1H. The number of hydrogen-bond donors (Lipinski definition) is 3. The molecule has 1 saturated carbocycles. The fourth-order valence-corrected chi connectivity index (χ4v) is 3.79. The molecule has 1 heterocycles. The number of halogens is 1. The van der Waals surface area contributed by atoms with Crippen LogP contribution >= 0.6 is 24.0 Å². The van der Waals surface area contributed by atoms with E-state index in [2.05, 4.69) is 36.6 Å². The van der Waals surface area contributed by atoms with Gasteiger partial charge in [0.05, 0.1) is 19.3 Å². The van der Waals surface area contributed by atoms with Crippen LogP contribution in [-0.2, 0) is 13.0 Å². The summed E-state index contributed by atoms with van der Waals surface area (Å²) in [7, 11) is 0. The fourth-order valence-electron chi connectivity index (χ4n) is 3.79. The predicted octanol–water partition coefficient (Wildman–Crippen LogP) is 3.39. The van der Waals surface area contributed by atoms with Gasteiger partial charge in [0, 0.05) is 30.1 Å². The Morgan fingerprint density at radius 1 is 1.25 bits per heavy atom. The summed E-state index contributed by atoms with van der Waals surface area (Å²) < 4.78 is 11.8. The molecule has 0 aromatic heterocycles. The number of rotatable bonds is 6. The maximum atomic E-state index is 9.69. The average Bonchev–Trinajstić information content (AvgIpc) is 3.00. The molecular formula is C21H34IN3O3. The lowest BCUT2D eigenvalue weighted by atomic mass is 9.93. The maximum absolute atomic E-state index is 9.69. The zero-order valence-corrected chi connectivity index (χ0v) is 19.5. The summed E-state index contributed by atoms with van der Waals surface area (Å²) in [6, 6.07) is 4.55. The number of aliphatic hydroxyl groups is 1. The van der Waals surface area contributed by atoms with E-state index in [9.17, 15) is 5.11 Å². The molecule has 0 bridgehead atoms. The first-order valence-electron chi connectivity index (χ1n) is 10.3. The molecule has 0 radical (unpaired) electrons. The van der Waals surface area contributed by atoms with Crippen molar-refractivity contribution in [3.63, 3.8) is 0 Å². The topological polar surface area (TPSA) is 75.1 Å². The molecule has 7 heteroatoms. The van der Waals surface area contributed by atoms with Crippen LogP contribution in [0.1, 0.15) is 57.6 Å². The molecule has 1 fully saturated rings. The predicted molar refractivity (Wildman–Crippen MR) is 123 cm³/mol. The van der Waals surface area contributed by atoms with Crippen LogP contribution in [0.3, 0.4) is 0 Å². The Kier molecular flexibility index (Phi) is 9.14. The first kappa shape index (κ1) is 23.1. The van der Waals surface area contributed by atoms with E-state index in [4.69, 9.17) is 14.5 Å². The Balaban J connectivity index is 0.00000280. The molecule has 0 amide bonds. The van der Waals surface area contributed by atoms with Gasteiger partial charge in [-0.25, -0.2) is 4.99 Å². The third kappa shape index (κ3) is 6.14. The Bertz CT molecular complexity index is 661. The van der Waals surface area contributed by atoms with Crippen molar-refractivity contribution >= 4 is 29.9 Å². The number of guanidine groups is 1. The third-order valence-corrected chi connectivity index (χ3v) is 5.17. The van der Waals surface area contributed by atoms with E-state index in [0.29, 0.717) is 19.2 Å². The summed E-state index contributed by atoms with van der Waals surface area (Å²) in [5.74, 6) is 2.67. The Hall–Kier alpha value is -1.22. The minimum atomic E-state index is -0.148. The lowest BCUT2D eigenvalue weighted by molar-refractivity contribution is 0.120. The number of fused-ring (bicyclic) bond motifs is 1. The van der Waals surface area contributed by atoms with Crippen LogP contribution in [0.2, 0.25) is 0 Å². The van der Waals surface area contributed by atoms with Crippen molar-refractivity contribution in [3.8, 4) is 11.5 Å². The van der Waals surface area contributed by atoms with Crippen LogP contribution in [0.4, 0.5) is 0 Å². The van der Waals surface area contributed by atoms with E-state index in [0.717, 1.165) is 61.7 Å². The smallest absolute Gasteiger partial charge is 0.191 e. The van der Waals surface area contributed by atoms with Gasteiger partial charge in [0.25, 0.3) is 0 Å². The summed E-state index contributed by atoms with van der Waals surface area (Å²) in [5, 5.41) is 16.5. The number of aliphatic imine (C=N–C) groups is 1. The summed E-state index contributed by atoms with van der Waals surface area (Å²) in [5.41, 5.74) is 2.26. The highest BCUT2D eigenvalue weighted by Gasteiger charge is 2.22. The molecule has 3 N–H and O–H groups in total. The van der Waals surface area contributed by atoms with Gasteiger partial charge in [0.1, 0.15) is 17.6 Å². The monoisotopic (exact) mass is 503 g/mol. The van der Waals surface area contributed by atoms with Gasteiger partial charge in [-0.3, -0.25) is 0 Å². The van der Waals surface area contributed by atoms with Crippen LogP contribution in [0.25, 0.3) is 0 Å². The first-order chi connectivity index (χ1) is 13.1. The van der Waals surface area contributed by atoms with Crippen molar-refractivity contribution in [2.75, 3.05) is 13.2 Å². The number of benzene rings is 1.